The fourth-order valence-electron chi connectivity index (χ4n) is 2.74. The fourth-order valence-corrected chi connectivity index (χ4v) is 2.74. The Bertz CT molecular complexity index is 582. The summed E-state index contributed by atoms with van der Waals surface area (Å²) >= 11 is 0. The average molecular weight is 253 g/mol. The number of nitrogens with zero attached hydrogens (tertiary/aromatic N) is 1. The molecule has 0 spiro atoms. The van der Waals surface area contributed by atoms with Gasteiger partial charge in [0, 0.05) is 6.20 Å². The third kappa shape index (κ3) is 1.65. The van der Waals surface area contributed by atoms with Gasteiger partial charge in [-0.05, 0) is 24.1 Å². The predicted molar refractivity (Wildman–Crippen MR) is 71.5 cm³/mol. The summed E-state index contributed by atoms with van der Waals surface area (Å²) in [6.07, 6.45) is 2.15. The Kier molecular flexibility index (Phi) is 2.82. The summed E-state index contributed by atoms with van der Waals surface area (Å²) in [4.78, 5) is 16.4. The van der Waals surface area contributed by atoms with E-state index in [1.807, 2.05) is 55.5 Å². The van der Waals surface area contributed by atoms with E-state index in [0.717, 1.165) is 11.3 Å². The molecule has 0 N–H and O–H groups in total. The molecule has 1 aromatic heterocycles. The molecule has 19 heavy (non-hydrogen) atoms. The Labute approximate surface area is 112 Å². The molecule has 2 atom stereocenters. The van der Waals surface area contributed by atoms with Gasteiger partial charge in [0.25, 0.3) is 0 Å². The first kappa shape index (κ1) is 11.9. The normalized spacial score (nSPS) is 25.5. The van der Waals surface area contributed by atoms with Crippen LogP contribution in [0.5, 0.6) is 0 Å². The van der Waals surface area contributed by atoms with Gasteiger partial charge in [-0.15, -0.1) is 0 Å². The van der Waals surface area contributed by atoms with Crippen LogP contribution >= 0.6 is 0 Å². The van der Waals surface area contributed by atoms with Crippen LogP contribution in [-0.2, 0) is 14.9 Å². The predicted octanol–water partition coefficient (Wildman–Crippen LogP) is 3.03. The van der Waals surface area contributed by atoms with Crippen molar-refractivity contribution in [1.29, 1.82) is 0 Å². The summed E-state index contributed by atoms with van der Waals surface area (Å²) < 4.78 is 5.39. The van der Waals surface area contributed by atoms with Crippen LogP contribution in [0.15, 0.2) is 54.7 Å². The van der Waals surface area contributed by atoms with E-state index in [4.69, 9.17) is 4.74 Å². The summed E-state index contributed by atoms with van der Waals surface area (Å²) in [5.41, 5.74) is 1.23. The summed E-state index contributed by atoms with van der Waals surface area (Å²) in [6.45, 7) is 2.02. The van der Waals surface area contributed by atoms with E-state index >= 15 is 0 Å². The standard InChI is InChI=1S/C16H15NO2/c1-2-16(12-8-4-3-5-9-12)14(19-15(16)18)13-10-6-7-11-17-13/h3-11,14H,2H2,1H3/t14-,16-/m0/s1. The minimum Gasteiger partial charge on any atom is -0.453 e. The molecule has 3 rings (SSSR count). The second-order valence-electron chi connectivity index (χ2n) is 4.73. The number of pyridine rings is 1. The van der Waals surface area contributed by atoms with Gasteiger partial charge in [-0.25, -0.2) is 0 Å². The number of aromatic nitrogens is 1. The Morgan fingerprint density at radius 2 is 1.89 bits per heavy atom. The van der Waals surface area contributed by atoms with Crippen molar-refractivity contribution in [3.8, 4) is 0 Å². The van der Waals surface area contributed by atoms with Gasteiger partial charge in [0.15, 0.2) is 6.10 Å². The molecular weight excluding hydrogens is 238 g/mol. The molecule has 1 aliphatic rings. The van der Waals surface area contributed by atoms with Crippen LogP contribution in [0.1, 0.15) is 30.7 Å². The lowest BCUT2D eigenvalue weighted by molar-refractivity contribution is -0.194. The lowest BCUT2D eigenvalue weighted by Crippen LogP contribution is -2.54. The number of benzene rings is 1. The SMILES string of the molecule is CC[C@@]1(c2ccccc2)C(=O)O[C@H]1c1ccccn1. The van der Waals surface area contributed by atoms with Gasteiger partial charge in [-0.3, -0.25) is 9.78 Å². The van der Waals surface area contributed by atoms with E-state index < -0.39 is 5.41 Å². The van der Waals surface area contributed by atoms with Crippen molar-refractivity contribution in [3.05, 3.63) is 66.0 Å². The van der Waals surface area contributed by atoms with Crippen molar-refractivity contribution in [2.75, 3.05) is 0 Å². The lowest BCUT2D eigenvalue weighted by atomic mass is 9.68. The van der Waals surface area contributed by atoms with Gasteiger partial charge in [0.05, 0.1) is 5.69 Å². The zero-order chi connectivity index (χ0) is 13.3. The van der Waals surface area contributed by atoms with Gasteiger partial charge in [-0.2, -0.15) is 0 Å². The van der Waals surface area contributed by atoms with Crippen LogP contribution in [0, 0.1) is 0 Å². The molecule has 1 fully saturated rings. The molecule has 2 aromatic rings. The maximum atomic E-state index is 12.1. The number of ether oxygens (including phenoxy) is 1. The lowest BCUT2D eigenvalue weighted by Gasteiger charge is -2.46. The summed E-state index contributed by atoms with van der Waals surface area (Å²) in [5.74, 6) is -0.156. The number of carbonyl (C=O) groups excluding carboxylic acids is 1. The highest BCUT2D eigenvalue weighted by Crippen LogP contribution is 2.51. The molecule has 1 aromatic carbocycles. The van der Waals surface area contributed by atoms with Crippen LogP contribution in [0.4, 0.5) is 0 Å². The third-order valence-corrected chi connectivity index (χ3v) is 3.84. The van der Waals surface area contributed by atoms with Gasteiger partial charge < -0.3 is 4.74 Å². The highest BCUT2D eigenvalue weighted by atomic mass is 16.6. The minimum atomic E-state index is -0.588. The Morgan fingerprint density at radius 3 is 2.47 bits per heavy atom. The third-order valence-electron chi connectivity index (χ3n) is 3.84. The average Bonchev–Trinajstić information content (AvgIpc) is 2.48. The molecule has 0 amide bonds. The first-order valence-electron chi connectivity index (χ1n) is 6.46. The number of rotatable bonds is 3. The molecule has 3 nitrogen and oxygen atoms in total. The Hall–Kier alpha value is -2.16. The summed E-state index contributed by atoms with van der Waals surface area (Å²) in [6, 6.07) is 15.5. The highest BCUT2D eigenvalue weighted by Gasteiger charge is 2.59. The first-order valence-corrected chi connectivity index (χ1v) is 6.46. The van der Waals surface area contributed by atoms with Gasteiger partial charge in [0.1, 0.15) is 5.41 Å². The molecule has 0 aliphatic carbocycles. The van der Waals surface area contributed by atoms with Crippen LogP contribution in [0.3, 0.4) is 0 Å². The molecule has 96 valence electrons. The largest absolute Gasteiger partial charge is 0.453 e. The van der Waals surface area contributed by atoms with Crippen LogP contribution < -0.4 is 0 Å². The van der Waals surface area contributed by atoms with Gasteiger partial charge in [0.2, 0.25) is 0 Å². The molecule has 1 saturated heterocycles. The second-order valence-corrected chi connectivity index (χ2v) is 4.73. The minimum absolute atomic E-state index is 0.156. The van der Waals surface area contributed by atoms with Crippen molar-refractivity contribution in [3.63, 3.8) is 0 Å². The maximum absolute atomic E-state index is 12.1. The monoisotopic (exact) mass is 253 g/mol. The van der Waals surface area contributed by atoms with E-state index in [2.05, 4.69) is 4.98 Å². The van der Waals surface area contributed by atoms with Crippen molar-refractivity contribution >= 4 is 5.97 Å². The number of cyclic esters (lactones) is 1. The topological polar surface area (TPSA) is 39.2 Å². The number of esters is 1. The number of carbonyl (C=O) groups is 1. The molecule has 0 unspecified atom stereocenters. The molecule has 0 bridgehead atoms. The molecule has 0 saturated carbocycles. The molecule has 0 radical (unpaired) electrons. The van der Waals surface area contributed by atoms with Crippen molar-refractivity contribution in [1.82, 2.24) is 4.98 Å². The maximum Gasteiger partial charge on any atom is 0.321 e. The Morgan fingerprint density at radius 1 is 1.16 bits per heavy atom. The van der Waals surface area contributed by atoms with Gasteiger partial charge >= 0.3 is 5.97 Å². The molecule has 2 heterocycles. The molecular formula is C16H15NO2. The number of hydrogen-bond donors (Lipinski definition) is 0. The Balaban J connectivity index is 2.07. The quantitative estimate of drug-likeness (QED) is 0.789. The molecule has 1 aliphatic heterocycles. The van der Waals surface area contributed by atoms with E-state index in [1.165, 1.54) is 0 Å². The van der Waals surface area contributed by atoms with Crippen LogP contribution in [-0.4, -0.2) is 11.0 Å². The highest BCUT2D eigenvalue weighted by molar-refractivity contribution is 5.89. The van der Waals surface area contributed by atoms with Crippen LogP contribution in [0.2, 0.25) is 0 Å². The second kappa shape index (κ2) is 4.50. The summed E-state index contributed by atoms with van der Waals surface area (Å²) in [7, 11) is 0. The molecule has 3 heteroatoms. The summed E-state index contributed by atoms with van der Waals surface area (Å²) in [5, 5.41) is 0. The van der Waals surface area contributed by atoms with Crippen molar-refractivity contribution in [2.45, 2.75) is 24.9 Å². The van der Waals surface area contributed by atoms with Crippen molar-refractivity contribution < 1.29 is 9.53 Å². The smallest absolute Gasteiger partial charge is 0.321 e. The van der Waals surface area contributed by atoms with Gasteiger partial charge in [-0.1, -0.05) is 43.3 Å². The van der Waals surface area contributed by atoms with Crippen LogP contribution in [0.25, 0.3) is 0 Å². The van der Waals surface area contributed by atoms with E-state index in [0.29, 0.717) is 6.42 Å². The zero-order valence-electron chi connectivity index (χ0n) is 10.7. The fraction of sp³-hybridized carbons (Fsp3) is 0.250. The first-order chi connectivity index (χ1) is 9.29. The van der Waals surface area contributed by atoms with Crippen molar-refractivity contribution in [2.24, 2.45) is 0 Å². The number of hydrogen-bond acceptors (Lipinski definition) is 3. The van der Waals surface area contributed by atoms with E-state index in [-0.39, 0.29) is 12.1 Å². The zero-order valence-corrected chi connectivity index (χ0v) is 10.7. The van der Waals surface area contributed by atoms with E-state index in [1.54, 1.807) is 6.20 Å². The van der Waals surface area contributed by atoms with E-state index in [9.17, 15) is 4.79 Å².